The maximum Gasteiger partial charge on any atom is 0.422 e. The summed E-state index contributed by atoms with van der Waals surface area (Å²) >= 11 is 0. The first-order valence-electron chi connectivity index (χ1n) is 11.3. The van der Waals surface area contributed by atoms with E-state index in [1.165, 1.54) is 6.20 Å². The molecule has 1 aliphatic rings. The molecule has 10 heteroatoms. The zero-order valence-corrected chi connectivity index (χ0v) is 19.9. The Balaban J connectivity index is 1.54. The fraction of sp³-hybridized carbons (Fsp3) is 0.280. The standard InChI is InChI=1S/C25H27N3O6S/c29-24(33-17-19-8-3-1-4-9-19)23-22(21-12-7-14-26-16-21)13-15-28(23)35(31,32)27-25(30)34-18-20-10-5-2-6-11-20/h1-6,8-11,13,15,21,26H,7,12,14,16-18H2,(H,27,30). The van der Waals surface area contributed by atoms with Crippen LogP contribution in [0.1, 0.15) is 45.9 Å². The van der Waals surface area contributed by atoms with Gasteiger partial charge in [-0.1, -0.05) is 60.7 Å². The van der Waals surface area contributed by atoms with Crippen molar-refractivity contribution in [1.29, 1.82) is 0 Å². The van der Waals surface area contributed by atoms with Crippen LogP contribution in [-0.2, 0) is 32.9 Å². The van der Waals surface area contributed by atoms with Crippen LogP contribution in [-0.4, -0.2) is 37.5 Å². The van der Waals surface area contributed by atoms with Crippen molar-refractivity contribution in [3.8, 4) is 0 Å². The Morgan fingerprint density at radius 1 is 0.943 bits per heavy atom. The molecule has 2 N–H and O–H groups in total. The predicted molar refractivity (Wildman–Crippen MR) is 129 cm³/mol. The lowest BCUT2D eigenvalue weighted by molar-refractivity contribution is 0.0462. The van der Waals surface area contributed by atoms with E-state index in [1.54, 1.807) is 42.5 Å². The third-order valence-corrected chi connectivity index (χ3v) is 6.96. The molecular weight excluding hydrogens is 470 g/mol. The average molecular weight is 498 g/mol. The zero-order valence-electron chi connectivity index (χ0n) is 19.1. The Morgan fingerprint density at radius 2 is 1.57 bits per heavy atom. The maximum atomic E-state index is 13.1. The highest BCUT2D eigenvalue weighted by atomic mass is 32.2. The third-order valence-electron chi connectivity index (χ3n) is 5.71. The molecule has 1 saturated heterocycles. The number of carbonyl (C=O) groups is 2. The molecule has 4 rings (SSSR count). The summed E-state index contributed by atoms with van der Waals surface area (Å²) in [5, 5.41) is 3.27. The number of rotatable bonds is 8. The van der Waals surface area contributed by atoms with E-state index in [4.69, 9.17) is 9.47 Å². The Morgan fingerprint density at radius 3 is 2.17 bits per heavy atom. The second-order valence-electron chi connectivity index (χ2n) is 8.19. The summed E-state index contributed by atoms with van der Waals surface area (Å²) in [6.45, 7) is 1.35. The summed E-state index contributed by atoms with van der Waals surface area (Å²) < 4.78 is 39.3. The van der Waals surface area contributed by atoms with E-state index in [-0.39, 0.29) is 24.8 Å². The number of hydrogen-bond donors (Lipinski definition) is 2. The van der Waals surface area contributed by atoms with Gasteiger partial charge in [0.2, 0.25) is 0 Å². The molecule has 1 atom stereocenters. The van der Waals surface area contributed by atoms with Crippen LogP contribution in [0.25, 0.3) is 0 Å². The van der Waals surface area contributed by atoms with Crippen molar-refractivity contribution in [3.05, 3.63) is 95.3 Å². The SMILES string of the molecule is O=C(NS(=O)(=O)n1ccc(C2CCCNC2)c1C(=O)OCc1ccccc1)OCc1ccccc1. The number of amides is 1. The minimum absolute atomic E-state index is 0.0141. The van der Waals surface area contributed by atoms with Gasteiger partial charge in [0.05, 0.1) is 0 Å². The number of esters is 1. The normalized spacial score (nSPS) is 15.8. The lowest BCUT2D eigenvalue weighted by Crippen LogP contribution is -2.37. The van der Waals surface area contributed by atoms with E-state index in [1.807, 2.05) is 29.0 Å². The highest BCUT2D eigenvalue weighted by Crippen LogP contribution is 2.29. The van der Waals surface area contributed by atoms with Gasteiger partial charge in [-0.2, -0.15) is 8.42 Å². The van der Waals surface area contributed by atoms with Crippen LogP contribution in [0, 0.1) is 0 Å². The highest BCUT2D eigenvalue weighted by Gasteiger charge is 2.31. The summed E-state index contributed by atoms with van der Waals surface area (Å²) in [7, 11) is -4.47. The quantitative estimate of drug-likeness (QED) is 0.459. The summed E-state index contributed by atoms with van der Waals surface area (Å²) in [5.74, 6) is -0.855. The molecule has 1 aromatic heterocycles. The van der Waals surface area contributed by atoms with Gasteiger partial charge in [-0.05, 0) is 48.1 Å². The molecule has 0 spiro atoms. The molecule has 2 aromatic carbocycles. The minimum atomic E-state index is -4.47. The van der Waals surface area contributed by atoms with Crippen molar-refractivity contribution in [3.63, 3.8) is 0 Å². The number of nitrogens with zero attached hydrogens (tertiary/aromatic N) is 1. The predicted octanol–water partition coefficient (Wildman–Crippen LogP) is 3.33. The van der Waals surface area contributed by atoms with E-state index in [9.17, 15) is 18.0 Å². The summed E-state index contributed by atoms with van der Waals surface area (Å²) in [5.41, 5.74) is 1.90. The number of hydrogen-bond acceptors (Lipinski definition) is 7. The Kier molecular flexibility index (Phi) is 7.84. The number of aromatic nitrogens is 1. The smallest absolute Gasteiger partial charge is 0.422 e. The van der Waals surface area contributed by atoms with Gasteiger partial charge in [0, 0.05) is 12.7 Å². The summed E-state index contributed by atoms with van der Waals surface area (Å²) in [6.07, 6.45) is 1.80. The van der Waals surface area contributed by atoms with Crippen molar-refractivity contribution in [2.45, 2.75) is 32.0 Å². The van der Waals surface area contributed by atoms with Gasteiger partial charge in [-0.15, -0.1) is 0 Å². The third kappa shape index (κ3) is 6.28. The van der Waals surface area contributed by atoms with Gasteiger partial charge in [-0.25, -0.2) is 18.3 Å². The lowest BCUT2D eigenvalue weighted by Gasteiger charge is -2.23. The Hall–Kier alpha value is -3.63. The molecular formula is C25H27N3O6S. The number of piperidine rings is 1. The molecule has 184 valence electrons. The molecule has 1 aliphatic heterocycles. The van der Waals surface area contributed by atoms with Gasteiger partial charge in [0.1, 0.15) is 18.9 Å². The van der Waals surface area contributed by atoms with E-state index >= 15 is 0 Å². The van der Waals surface area contributed by atoms with Crippen molar-refractivity contribution in [1.82, 2.24) is 14.0 Å². The van der Waals surface area contributed by atoms with Crippen LogP contribution in [0.5, 0.6) is 0 Å². The van der Waals surface area contributed by atoms with Crippen LogP contribution >= 0.6 is 0 Å². The summed E-state index contributed by atoms with van der Waals surface area (Å²) in [6, 6.07) is 19.6. The molecule has 3 aromatic rings. The van der Waals surface area contributed by atoms with Crippen molar-refractivity contribution < 1.29 is 27.5 Å². The molecule has 0 radical (unpaired) electrons. The first kappa shape index (κ1) is 24.5. The average Bonchev–Trinajstić information content (AvgIpc) is 3.34. The topological polar surface area (TPSA) is 116 Å². The number of carbonyl (C=O) groups excluding carboxylic acids is 2. The van der Waals surface area contributed by atoms with Crippen LogP contribution in [0.2, 0.25) is 0 Å². The largest absolute Gasteiger partial charge is 0.456 e. The van der Waals surface area contributed by atoms with Gasteiger partial charge in [-0.3, -0.25) is 0 Å². The van der Waals surface area contributed by atoms with E-state index in [0.717, 1.165) is 28.9 Å². The Labute approximate surface area is 204 Å². The molecule has 1 unspecified atom stereocenters. The fourth-order valence-corrected chi connectivity index (χ4v) is 4.99. The number of nitrogens with one attached hydrogen (secondary N) is 2. The molecule has 1 amide bonds. The summed E-state index contributed by atoms with van der Waals surface area (Å²) in [4.78, 5) is 25.4. The number of ether oxygens (including phenoxy) is 2. The fourth-order valence-electron chi connectivity index (χ4n) is 3.98. The molecule has 0 bridgehead atoms. The highest BCUT2D eigenvalue weighted by molar-refractivity contribution is 7.88. The monoisotopic (exact) mass is 497 g/mol. The molecule has 35 heavy (non-hydrogen) atoms. The zero-order chi connectivity index (χ0) is 24.7. The minimum Gasteiger partial charge on any atom is -0.456 e. The van der Waals surface area contributed by atoms with Crippen molar-refractivity contribution in [2.24, 2.45) is 0 Å². The molecule has 0 saturated carbocycles. The van der Waals surface area contributed by atoms with Gasteiger partial charge in [0.25, 0.3) is 0 Å². The van der Waals surface area contributed by atoms with Crippen LogP contribution in [0.4, 0.5) is 4.79 Å². The lowest BCUT2D eigenvalue weighted by atomic mass is 9.92. The molecule has 2 heterocycles. The Bertz CT molecular complexity index is 1250. The van der Waals surface area contributed by atoms with Gasteiger partial charge >= 0.3 is 22.3 Å². The van der Waals surface area contributed by atoms with E-state index < -0.39 is 22.3 Å². The van der Waals surface area contributed by atoms with Gasteiger partial charge < -0.3 is 14.8 Å². The molecule has 0 aliphatic carbocycles. The van der Waals surface area contributed by atoms with Gasteiger partial charge in [0.15, 0.2) is 0 Å². The maximum absolute atomic E-state index is 13.1. The van der Waals surface area contributed by atoms with Crippen LogP contribution < -0.4 is 10.0 Å². The van der Waals surface area contributed by atoms with E-state index in [0.29, 0.717) is 17.7 Å². The van der Waals surface area contributed by atoms with E-state index in [2.05, 4.69) is 5.32 Å². The second-order valence-corrected chi connectivity index (χ2v) is 9.74. The van der Waals surface area contributed by atoms with Crippen molar-refractivity contribution in [2.75, 3.05) is 13.1 Å². The van der Waals surface area contributed by atoms with Crippen LogP contribution in [0.3, 0.4) is 0 Å². The number of benzene rings is 2. The molecule has 1 fully saturated rings. The second kappa shape index (κ2) is 11.2. The van der Waals surface area contributed by atoms with Crippen molar-refractivity contribution >= 4 is 22.3 Å². The first-order chi connectivity index (χ1) is 16.9. The van der Waals surface area contributed by atoms with Crippen LogP contribution in [0.15, 0.2) is 72.9 Å². The first-order valence-corrected chi connectivity index (χ1v) is 12.7. The molecule has 9 nitrogen and oxygen atoms in total.